The highest BCUT2D eigenvalue weighted by molar-refractivity contribution is 5.99. The second kappa shape index (κ2) is 6.47. The van der Waals surface area contributed by atoms with Crippen molar-refractivity contribution in [2.45, 2.75) is 25.3 Å². The van der Waals surface area contributed by atoms with Gasteiger partial charge in [0.2, 0.25) is 5.91 Å². The van der Waals surface area contributed by atoms with E-state index in [4.69, 9.17) is 4.42 Å². The van der Waals surface area contributed by atoms with Crippen molar-refractivity contribution in [3.63, 3.8) is 0 Å². The minimum Gasteiger partial charge on any atom is -0.469 e. The molecule has 22 heavy (non-hydrogen) atoms. The third kappa shape index (κ3) is 3.19. The number of hydrogen-bond donors (Lipinski definition) is 2. The molecule has 0 fully saturated rings. The maximum Gasteiger partial charge on any atom is 0.252 e. The Labute approximate surface area is 128 Å². The van der Waals surface area contributed by atoms with Crippen molar-refractivity contribution >= 4 is 11.8 Å². The topological polar surface area (TPSA) is 71.3 Å². The van der Waals surface area contributed by atoms with Crippen molar-refractivity contribution in [1.29, 1.82) is 0 Å². The van der Waals surface area contributed by atoms with Crippen molar-refractivity contribution < 1.29 is 14.0 Å². The fraction of sp³-hybridized carbons (Fsp3) is 0.294. The van der Waals surface area contributed by atoms with Gasteiger partial charge in [-0.2, -0.15) is 0 Å². The Bertz CT molecular complexity index is 664. The lowest BCUT2D eigenvalue weighted by molar-refractivity contribution is -0.121. The number of rotatable bonds is 6. The maximum atomic E-state index is 12.0. The number of aryl methyl sites for hydroxylation is 1. The molecular weight excluding hydrogens is 280 g/mol. The summed E-state index contributed by atoms with van der Waals surface area (Å²) >= 11 is 0. The summed E-state index contributed by atoms with van der Waals surface area (Å²) < 4.78 is 5.24. The molecule has 0 spiro atoms. The lowest BCUT2D eigenvalue weighted by Crippen LogP contribution is -2.29. The summed E-state index contributed by atoms with van der Waals surface area (Å²) in [6.45, 7) is 0.599. The molecule has 0 saturated heterocycles. The summed E-state index contributed by atoms with van der Waals surface area (Å²) in [5.74, 6) is 0.763. The Hall–Kier alpha value is -2.56. The Morgan fingerprint density at radius 1 is 1.23 bits per heavy atom. The Balaban J connectivity index is 1.45. The number of fused-ring (bicyclic) bond motifs is 1. The van der Waals surface area contributed by atoms with Crippen LogP contribution < -0.4 is 10.6 Å². The van der Waals surface area contributed by atoms with E-state index in [0.29, 0.717) is 12.1 Å². The summed E-state index contributed by atoms with van der Waals surface area (Å²) in [7, 11) is 0. The van der Waals surface area contributed by atoms with Gasteiger partial charge in [0.1, 0.15) is 5.76 Å². The summed E-state index contributed by atoms with van der Waals surface area (Å²) in [6.07, 6.45) is 3.54. The molecule has 1 aromatic carbocycles. The van der Waals surface area contributed by atoms with Crippen LogP contribution >= 0.6 is 0 Å². The highest BCUT2D eigenvalue weighted by Gasteiger charge is 2.29. The van der Waals surface area contributed by atoms with E-state index in [1.165, 1.54) is 0 Å². The van der Waals surface area contributed by atoms with Gasteiger partial charge in [-0.1, -0.05) is 18.2 Å². The minimum absolute atomic E-state index is 0.0542. The molecule has 0 radical (unpaired) electrons. The zero-order valence-electron chi connectivity index (χ0n) is 12.2. The summed E-state index contributed by atoms with van der Waals surface area (Å²) in [4.78, 5) is 23.8. The normalized spacial score (nSPS) is 16.2. The molecule has 3 rings (SSSR count). The highest BCUT2D eigenvalue weighted by Crippen LogP contribution is 2.27. The zero-order chi connectivity index (χ0) is 15.4. The van der Waals surface area contributed by atoms with Crippen LogP contribution in [-0.2, 0) is 11.2 Å². The van der Waals surface area contributed by atoms with Gasteiger partial charge in [-0.05, 0) is 30.2 Å². The van der Waals surface area contributed by atoms with Gasteiger partial charge < -0.3 is 15.1 Å². The number of nitrogens with one attached hydrogen (secondary N) is 2. The summed E-state index contributed by atoms with van der Waals surface area (Å²) in [6, 6.07) is 10.9. The molecule has 0 unspecified atom stereocenters. The van der Waals surface area contributed by atoms with Crippen molar-refractivity contribution in [3.05, 3.63) is 59.5 Å². The van der Waals surface area contributed by atoms with Crippen LogP contribution in [0.1, 0.15) is 40.6 Å². The van der Waals surface area contributed by atoms with E-state index in [0.717, 1.165) is 24.2 Å². The molecule has 1 atom stereocenters. The standard InChI is InChI=1S/C17H18N2O3/c20-16(18-9-3-5-12-6-4-10-22-12)11-15-13-7-1-2-8-14(13)17(21)19-15/h1-2,4,6-8,10,15H,3,5,9,11H2,(H,18,20)(H,19,21)/t15-/m0/s1. The van der Waals surface area contributed by atoms with Gasteiger partial charge in [0.25, 0.3) is 5.91 Å². The third-order valence-corrected chi connectivity index (χ3v) is 3.78. The predicted octanol–water partition coefficient (Wildman–Crippen LogP) is 2.20. The van der Waals surface area contributed by atoms with E-state index < -0.39 is 0 Å². The first-order valence-electron chi connectivity index (χ1n) is 7.43. The largest absolute Gasteiger partial charge is 0.469 e. The molecule has 5 heteroatoms. The molecule has 0 saturated carbocycles. The maximum absolute atomic E-state index is 12.0. The molecule has 1 aromatic heterocycles. The monoisotopic (exact) mass is 298 g/mol. The molecule has 0 aliphatic carbocycles. The fourth-order valence-electron chi connectivity index (χ4n) is 2.69. The highest BCUT2D eigenvalue weighted by atomic mass is 16.3. The molecular formula is C17H18N2O3. The van der Waals surface area contributed by atoms with Gasteiger partial charge in [-0.25, -0.2) is 0 Å². The van der Waals surface area contributed by atoms with Gasteiger partial charge in [-0.15, -0.1) is 0 Å². The first-order chi connectivity index (χ1) is 10.7. The van der Waals surface area contributed by atoms with Crippen LogP contribution in [-0.4, -0.2) is 18.4 Å². The minimum atomic E-state index is -0.228. The Morgan fingerprint density at radius 2 is 2.09 bits per heavy atom. The van der Waals surface area contributed by atoms with Crippen LogP contribution in [0.25, 0.3) is 0 Å². The second-order valence-corrected chi connectivity index (χ2v) is 5.35. The number of amides is 2. The van der Waals surface area contributed by atoms with E-state index in [1.54, 1.807) is 12.3 Å². The van der Waals surface area contributed by atoms with E-state index >= 15 is 0 Å². The van der Waals surface area contributed by atoms with Crippen LogP contribution in [0.15, 0.2) is 47.1 Å². The lowest BCUT2D eigenvalue weighted by atomic mass is 10.0. The van der Waals surface area contributed by atoms with Gasteiger partial charge >= 0.3 is 0 Å². The number of hydrogen-bond acceptors (Lipinski definition) is 3. The van der Waals surface area contributed by atoms with E-state index in [9.17, 15) is 9.59 Å². The van der Waals surface area contributed by atoms with Crippen molar-refractivity contribution in [1.82, 2.24) is 10.6 Å². The van der Waals surface area contributed by atoms with Crippen molar-refractivity contribution in [2.75, 3.05) is 6.54 Å². The van der Waals surface area contributed by atoms with Gasteiger partial charge in [0.05, 0.1) is 18.7 Å². The van der Waals surface area contributed by atoms with Gasteiger partial charge in [0, 0.05) is 18.5 Å². The fourth-order valence-corrected chi connectivity index (χ4v) is 2.69. The van der Waals surface area contributed by atoms with Gasteiger partial charge in [-0.3, -0.25) is 9.59 Å². The average molecular weight is 298 g/mol. The first-order valence-corrected chi connectivity index (χ1v) is 7.43. The van der Waals surface area contributed by atoms with Crippen LogP contribution in [0.4, 0.5) is 0 Å². The average Bonchev–Trinajstić information content (AvgIpc) is 3.13. The first kappa shape index (κ1) is 14.4. The van der Waals surface area contributed by atoms with Gasteiger partial charge in [0.15, 0.2) is 0 Å². The Morgan fingerprint density at radius 3 is 2.91 bits per heavy atom. The zero-order valence-corrected chi connectivity index (χ0v) is 12.2. The number of benzene rings is 1. The van der Waals surface area contributed by atoms with Crippen LogP contribution in [0, 0.1) is 0 Å². The molecule has 0 bridgehead atoms. The number of carbonyl (C=O) groups is 2. The van der Waals surface area contributed by atoms with Crippen LogP contribution in [0.5, 0.6) is 0 Å². The van der Waals surface area contributed by atoms with E-state index in [1.807, 2.05) is 30.3 Å². The Kier molecular flexibility index (Phi) is 4.23. The summed E-state index contributed by atoms with van der Waals surface area (Å²) in [5.41, 5.74) is 1.57. The SMILES string of the molecule is O=C(C[C@@H]1NC(=O)c2ccccc21)NCCCc1ccco1. The predicted molar refractivity (Wildman–Crippen MR) is 81.3 cm³/mol. The quantitative estimate of drug-likeness (QED) is 0.803. The van der Waals surface area contributed by atoms with Crippen molar-refractivity contribution in [3.8, 4) is 0 Å². The molecule has 2 aromatic rings. The molecule has 1 aliphatic heterocycles. The second-order valence-electron chi connectivity index (χ2n) is 5.35. The van der Waals surface area contributed by atoms with Crippen LogP contribution in [0.3, 0.4) is 0 Å². The molecule has 2 heterocycles. The molecule has 1 aliphatic rings. The molecule has 5 nitrogen and oxygen atoms in total. The smallest absolute Gasteiger partial charge is 0.252 e. The van der Waals surface area contributed by atoms with E-state index in [-0.39, 0.29) is 24.3 Å². The summed E-state index contributed by atoms with van der Waals surface area (Å²) in [5, 5.41) is 5.73. The number of carbonyl (C=O) groups excluding carboxylic acids is 2. The van der Waals surface area contributed by atoms with Crippen LogP contribution in [0.2, 0.25) is 0 Å². The lowest BCUT2D eigenvalue weighted by Gasteiger charge is -2.11. The molecule has 2 N–H and O–H groups in total. The third-order valence-electron chi connectivity index (χ3n) is 3.78. The van der Waals surface area contributed by atoms with E-state index in [2.05, 4.69) is 10.6 Å². The molecule has 2 amide bonds. The number of furan rings is 1. The molecule has 114 valence electrons. The van der Waals surface area contributed by atoms with Crippen molar-refractivity contribution in [2.24, 2.45) is 0 Å².